The Kier molecular flexibility index (Phi) is 6.57. The molecular weight excluding hydrogens is 422 g/mol. The van der Waals surface area contributed by atoms with Gasteiger partial charge in [-0.15, -0.1) is 0 Å². The van der Waals surface area contributed by atoms with E-state index in [0.717, 1.165) is 43.7 Å². The highest BCUT2D eigenvalue weighted by Gasteiger charge is 2.54. The van der Waals surface area contributed by atoms with Crippen LogP contribution in [-0.2, 0) is 6.54 Å². The number of benzene rings is 2. The maximum absolute atomic E-state index is 13.9. The predicted octanol–water partition coefficient (Wildman–Crippen LogP) is 5.37. The van der Waals surface area contributed by atoms with Gasteiger partial charge in [0.2, 0.25) is 0 Å². The Morgan fingerprint density at radius 3 is 2.38 bits per heavy atom. The van der Waals surface area contributed by atoms with Gasteiger partial charge >= 0.3 is 6.03 Å². The monoisotopic (exact) mass is 461 g/mol. The molecule has 1 spiro atoms. The van der Waals surface area contributed by atoms with Crippen LogP contribution in [0.15, 0.2) is 54.6 Å². The van der Waals surface area contributed by atoms with Crippen molar-refractivity contribution in [2.45, 2.75) is 62.6 Å². The van der Waals surface area contributed by atoms with Crippen LogP contribution >= 0.6 is 0 Å². The number of hydrogen-bond acceptors (Lipinski definition) is 3. The zero-order chi connectivity index (χ0) is 23.7. The van der Waals surface area contributed by atoms with Crippen LogP contribution in [0.25, 0.3) is 0 Å². The number of methoxy groups -OCH3 is 1. The maximum atomic E-state index is 13.9. The summed E-state index contributed by atoms with van der Waals surface area (Å²) in [5.74, 6) is 1.96. The third-order valence-corrected chi connectivity index (χ3v) is 8.62. The predicted molar refractivity (Wildman–Crippen MR) is 136 cm³/mol. The molecule has 1 saturated heterocycles. The first-order chi connectivity index (χ1) is 16.5. The minimum absolute atomic E-state index is 0.0772. The van der Waals surface area contributed by atoms with Crippen LogP contribution < -0.4 is 4.74 Å². The molecule has 0 aromatic heterocycles. The number of hydrogen-bond donors (Lipinski definition) is 0. The number of amides is 2. The van der Waals surface area contributed by atoms with Crippen LogP contribution in [-0.4, -0.2) is 66.6 Å². The van der Waals surface area contributed by atoms with Gasteiger partial charge in [0, 0.05) is 31.6 Å². The summed E-state index contributed by atoms with van der Waals surface area (Å²) >= 11 is 0. The van der Waals surface area contributed by atoms with Crippen LogP contribution in [0.3, 0.4) is 0 Å². The molecule has 5 heteroatoms. The summed E-state index contributed by atoms with van der Waals surface area (Å²) in [6.07, 6.45) is 7.08. The first kappa shape index (κ1) is 23.2. The Balaban J connectivity index is 1.43. The summed E-state index contributed by atoms with van der Waals surface area (Å²) in [4.78, 5) is 20.7. The number of rotatable bonds is 7. The molecule has 1 heterocycles. The van der Waals surface area contributed by atoms with E-state index in [1.54, 1.807) is 7.11 Å². The second-order valence-electron chi connectivity index (χ2n) is 10.9. The number of carbonyl (C=O) groups is 1. The van der Waals surface area contributed by atoms with Crippen LogP contribution in [0.1, 0.15) is 55.6 Å². The molecule has 0 N–H and O–H groups in total. The Labute approximate surface area is 204 Å². The standard InChI is InChI=1S/C29H39N3O2/c1-30(2)27-16-17-29(18-26(27)24-10-5-4-6-11-24)21-31(19-23-12-14-25(34-3)15-13-23)28(33)32(29)20-22-8-7-9-22/h4-6,10-15,22,26-27H,7-9,16-21H2,1-3H3/t26?,27-,29+/m1/s1. The molecule has 2 aliphatic carbocycles. The fraction of sp³-hybridized carbons (Fsp3) is 0.552. The zero-order valence-electron chi connectivity index (χ0n) is 21.0. The van der Waals surface area contributed by atoms with E-state index in [9.17, 15) is 4.79 Å². The average Bonchev–Trinajstić information content (AvgIpc) is 3.06. The lowest BCUT2D eigenvalue weighted by molar-refractivity contribution is 0.0521. The molecule has 3 aliphatic rings. The lowest BCUT2D eigenvalue weighted by Gasteiger charge is -2.49. The molecule has 2 aromatic carbocycles. The third kappa shape index (κ3) is 4.43. The minimum Gasteiger partial charge on any atom is -0.497 e. The van der Waals surface area contributed by atoms with Crippen LogP contribution in [0.5, 0.6) is 5.75 Å². The van der Waals surface area contributed by atoms with E-state index in [-0.39, 0.29) is 11.6 Å². The highest BCUT2D eigenvalue weighted by molar-refractivity contribution is 5.78. The fourth-order valence-corrected chi connectivity index (χ4v) is 6.47. The van der Waals surface area contributed by atoms with Crippen molar-refractivity contribution in [3.63, 3.8) is 0 Å². The quantitative estimate of drug-likeness (QED) is 0.556. The van der Waals surface area contributed by atoms with Gasteiger partial charge in [-0.25, -0.2) is 4.79 Å². The molecule has 2 aromatic rings. The largest absolute Gasteiger partial charge is 0.497 e. The Morgan fingerprint density at radius 1 is 1.03 bits per heavy atom. The van der Waals surface area contributed by atoms with E-state index in [2.05, 4.69) is 71.3 Å². The normalized spacial score (nSPS) is 27.5. The highest BCUT2D eigenvalue weighted by atomic mass is 16.5. The Hall–Kier alpha value is -2.53. The van der Waals surface area contributed by atoms with Gasteiger partial charge in [-0.1, -0.05) is 48.9 Å². The molecule has 5 rings (SSSR count). The van der Waals surface area contributed by atoms with Crippen molar-refractivity contribution in [3.8, 4) is 5.75 Å². The van der Waals surface area contributed by atoms with E-state index in [1.165, 1.54) is 24.8 Å². The molecule has 1 unspecified atom stereocenters. The summed E-state index contributed by atoms with van der Waals surface area (Å²) in [5.41, 5.74) is 2.49. The summed E-state index contributed by atoms with van der Waals surface area (Å²) in [6.45, 7) is 2.42. The average molecular weight is 462 g/mol. The summed E-state index contributed by atoms with van der Waals surface area (Å²) in [5, 5.41) is 0. The molecule has 34 heavy (non-hydrogen) atoms. The molecule has 5 nitrogen and oxygen atoms in total. The maximum Gasteiger partial charge on any atom is 0.320 e. The van der Waals surface area contributed by atoms with Gasteiger partial charge in [0.05, 0.1) is 12.6 Å². The number of ether oxygens (including phenoxy) is 1. The molecule has 2 saturated carbocycles. The molecule has 0 bridgehead atoms. The van der Waals surface area contributed by atoms with Crippen molar-refractivity contribution in [1.82, 2.24) is 14.7 Å². The van der Waals surface area contributed by atoms with Crippen LogP contribution in [0.4, 0.5) is 4.79 Å². The van der Waals surface area contributed by atoms with Crippen molar-refractivity contribution < 1.29 is 9.53 Å². The minimum atomic E-state index is -0.0772. The van der Waals surface area contributed by atoms with Crippen molar-refractivity contribution in [2.75, 3.05) is 34.3 Å². The van der Waals surface area contributed by atoms with Crippen molar-refractivity contribution in [3.05, 3.63) is 65.7 Å². The van der Waals surface area contributed by atoms with Gasteiger partial charge in [0.1, 0.15) is 5.75 Å². The molecule has 3 fully saturated rings. The molecule has 182 valence electrons. The van der Waals surface area contributed by atoms with E-state index < -0.39 is 0 Å². The van der Waals surface area contributed by atoms with Gasteiger partial charge in [-0.3, -0.25) is 0 Å². The molecule has 1 aliphatic heterocycles. The number of nitrogens with zero attached hydrogens (tertiary/aromatic N) is 3. The second kappa shape index (κ2) is 9.61. The molecule has 2 amide bonds. The van der Waals surface area contributed by atoms with Gasteiger partial charge in [0.25, 0.3) is 0 Å². The lowest BCUT2D eigenvalue weighted by Crippen LogP contribution is -2.55. The SMILES string of the molecule is COc1ccc(CN2C[C@@]3(CC[C@@H](N(C)C)C(c4ccccc4)C3)N(CC3CCC3)C2=O)cc1. The summed E-state index contributed by atoms with van der Waals surface area (Å²) < 4.78 is 5.32. The highest BCUT2D eigenvalue weighted by Crippen LogP contribution is 2.48. The molecule has 3 atom stereocenters. The summed E-state index contributed by atoms with van der Waals surface area (Å²) in [7, 11) is 6.11. The van der Waals surface area contributed by atoms with E-state index in [0.29, 0.717) is 24.4 Å². The second-order valence-corrected chi connectivity index (χ2v) is 10.9. The van der Waals surface area contributed by atoms with E-state index in [4.69, 9.17) is 4.74 Å². The summed E-state index contributed by atoms with van der Waals surface area (Å²) in [6, 6.07) is 19.9. The van der Waals surface area contributed by atoms with Crippen LogP contribution in [0.2, 0.25) is 0 Å². The zero-order valence-corrected chi connectivity index (χ0v) is 21.0. The number of carbonyl (C=O) groups excluding carboxylic acids is 1. The number of likely N-dealkylation sites (N-methyl/N-ethyl adjacent to an activating group) is 1. The topological polar surface area (TPSA) is 36.0 Å². The Morgan fingerprint density at radius 2 is 1.76 bits per heavy atom. The van der Waals surface area contributed by atoms with E-state index in [1.807, 2.05) is 12.1 Å². The fourth-order valence-electron chi connectivity index (χ4n) is 6.47. The lowest BCUT2D eigenvalue weighted by atomic mass is 9.69. The Bertz CT molecular complexity index is 973. The first-order valence-corrected chi connectivity index (χ1v) is 12.9. The van der Waals surface area contributed by atoms with Gasteiger partial charge in [-0.05, 0) is 75.4 Å². The van der Waals surface area contributed by atoms with Crippen molar-refractivity contribution >= 4 is 6.03 Å². The van der Waals surface area contributed by atoms with Crippen LogP contribution in [0, 0.1) is 5.92 Å². The molecule has 0 radical (unpaired) electrons. The van der Waals surface area contributed by atoms with Crippen molar-refractivity contribution in [1.29, 1.82) is 0 Å². The van der Waals surface area contributed by atoms with Gasteiger partial charge in [-0.2, -0.15) is 0 Å². The smallest absolute Gasteiger partial charge is 0.320 e. The first-order valence-electron chi connectivity index (χ1n) is 12.9. The number of urea groups is 1. The van der Waals surface area contributed by atoms with Gasteiger partial charge in [0.15, 0.2) is 0 Å². The van der Waals surface area contributed by atoms with Gasteiger partial charge < -0.3 is 19.4 Å². The molecular formula is C29H39N3O2. The van der Waals surface area contributed by atoms with Crippen molar-refractivity contribution in [2.24, 2.45) is 5.92 Å². The van der Waals surface area contributed by atoms with E-state index >= 15 is 0 Å². The third-order valence-electron chi connectivity index (χ3n) is 8.62.